The fourth-order valence-corrected chi connectivity index (χ4v) is 6.57. The zero-order valence-corrected chi connectivity index (χ0v) is 21.1. The molecule has 0 N–H and O–H groups in total. The molecule has 2 aliphatic carbocycles. The molecule has 0 heterocycles. The van der Waals surface area contributed by atoms with Crippen LogP contribution in [-0.4, -0.2) is 0 Å². The molecular weight excluding hydrogens is 456 g/mol. The highest BCUT2D eigenvalue weighted by Gasteiger charge is 2.22. The third-order valence-corrected chi connectivity index (χ3v) is 8.38. The third kappa shape index (κ3) is 3.31. The van der Waals surface area contributed by atoms with Crippen molar-refractivity contribution in [3.63, 3.8) is 0 Å². The first kappa shape index (κ1) is 21.4. The van der Waals surface area contributed by atoms with Gasteiger partial charge in [-0.2, -0.15) is 0 Å². The third-order valence-electron chi connectivity index (χ3n) is 8.38. The molecular formula is C38H26. The van der Waals surface area contributed by atoms with Crippen molar-refractivity contribution in [1.82, 2.24) is 0 Å². The second-order valence-corrected chi connectivity index (χ2v) is 10.5. The normalized spacial score (nSPS) is 13.9. The maximum Gasteiger partial charge on any atom is -0.000728 e. The van der Waals surface area contributed by atoms with E-state index in [1.54, 1.807) is 0 Å². The Morgan fingerprint density at radius 3 is 1.21 bits per heavy atom. The van der Waals surface area contributed by atoms with Crippen molar-refractivity contribution in [3.8, 4) is 11.1 Å². The van der Waals surface area contributed by atoms with Crippen molar-refractivity contribution in [1.29, 1.82) is 0 Å². The topological polar surface area (TPSA) is 0 Å². The molecule has 0 spiro atoms. The first-order valence-electron chi connectivity index (χ1n) is 13.4. The van der Waals surface area contributed by atoms with E-state index in [4.69, 9.17) is 0 Å². The van der Waals surface area contributed by atoms with Crippen LogP contribution in [0.2, 0.25) is 0 Å². The Labute approximate surface area is 223 Å². The maximum atomic E-state index is 2.40. The highest BCUT2D eigenvalue weighted by molar-refractivity contribution is 6.03. The molecule has 0 atom stereocenters. The van der Waals surface area contributed by atoms with Gasteiger partial charge in [0.1, 0.15) is 0 Å². The smallest absolute Gasteiger partial charge is 0.000728 e. The summed E-state index contributed by atoms with van der Waals surface area (Å²) < 4.78 is 0. The summed E-state index contributed by atoms with van der Waals surface area (Å²) in [5.74, 6) is 0. The van der Waals surface area contributed by atoms with Crippen LogP contribution in [0.5, 0.6) is 0 Å². The minimum Gasteiger partial charge on any atom is -0.0616 e. The summed E-state index contributed by atoms with van der Waals surface area (Å²) in [7, 11) is 0. The van der Waals surface area contributed by atoms with Gasteiger partial charge in [-0.15, -0.1) is 0 Å². The number of benzene rings is 6. The number of hydrogen-bond acceptors (Lipinski definition) is 0. The molecule has 0 heteroatoms. The molecule has 0 aliphatic heterocycles. The number of fused-ring (bicyclic) bond motifs is 6. The van der Waals surface area contributed by atoms with Crippen molar-refractivity contribution < 1.29 is 0 Å². The molecule has 178 valence electrons. The molecule has 8 rings (SSSR count). The lowest BCUT2D eigenvalue weighted by Gasteiger charge is -2.16. The number of allylic oxidation sites excluding steroid dienone is 2. The van der Waals surface area contributed by atoms with E-state index in [0.29, 0.717) is 0 Å². The molecule has 6 aromatic rings. The van der Waals surface area contributed by atoms with Gasteiger partial charge in [0.15, 0.2) is 0 Å². The van der Waals surface area contributed by atoms with Crippen LogP contribution in [0.25, 0.3) is 56.0 Å². The van der Waals surface area contributed by atoms with Crippen LogP contribution in [0.15, 0.2) is 121 Å². The minimum absolute atomic E-state index is 0.968. The van der Waals surface area contributed by atoms with Crippen LogP contribution >= 0.6 is 0 Å². The van der Waals surface area contributed by atoms with Crippen LogP contribution in [-0.2, 0) is 12.8 Å². The van der Waals surface area contributed by atoms with E-state index in [1.165, 1.54) is 77.2 Å². The molecule has 0 nitrogen and oxygen atoms in total. The van der Waals surface area contributed by atoms with E-state index in [2.05, 4.69) is 133 Å². The van der Waals surface area contributed by atoms with Gasteiger partial charge >= 0.3 is 0 Å². The molecule has 0 unspecified atom stereocenters. The second-order valence-electron chi connectivity index (χ2n) is 10.5. The van der Waals surface area contributed by atoms with Gasteiger partial charge in [0.2, 0.25) is 0 Å². The average molecular weight is 483 g/mol. The van der Waals surface area contributed by atoms with Crippen molar-refractivity contribution in [3.05, 3.63) is 155 Å². The van der Waals surface area contributed by atoms with E-state index in [9.17, 15) is 0 Å². The minimum atomic E-state index is 0.968. The van der Waals surface area contributed by atoms with Gasteiger partial charge in [-0.25, -0.2) is 0 Å². The summed E-state index contributed by atoms with van der Waals surface area (Å²) >= 11 is 0. The largest absolute Gasteiger partial charge is 0.0616 e. The molecule has 0 aromatic heterocycles. The summed E-state index contributed by atoms with van der Waals surface area (Å²) in [6, 6.07) is 44.5. The van der Waals surface area contributed by atoms with Gasteiger partial charge < -0.3 is 0 Å². The Morgan fingerprint density at radius 2 is 0.737 bits per heavy atom. The average Bonchev–Trinajstić information content (AvgIpc) is 3.62. The Bertz CT molecular complexity index is 1820. The fraction of sp³-hybridized carbons (Fsp3) is 0.0526. The summed E-state index contributed by atoms with van der Waals surface area (Å²) in [6.45, 7) is 0. The number of rotatable bonds is 3. The zero-order valence-electron chi connectivity index (χ0n) is 21.1. The quantitative estimate of drug-likeness (QED) is 0.235. The van der Waals surface area contributed by atoms with Gasteiger partial charge in [-0.3, -0.25) is 0 Å². The lowest BCUT2D eigenvalue weighted by molar-refractivity contribution is 1.33. The van der Waals surface area contributed by atoms with E-state index in [-0.39, 0.29) is 0 Å². The Hall–Kier alpha value is -4.68. The van der Waals surface area contributed by atoms with Crippen LogP contribution in [0, 0.1) is 0 Å². The lowest BCUT2D eigenvalue weighted by Crippen LogP contribution is -1.95. The van der Waals surface area contributed by atoms with Crippen LogP contribution in [0.1, 0.15) is 33.4 Å². The summed E-state index contributed by atoms with van der Waals surface area (Å²) in [5, 5.41) is 5.38. The molecule has 6 aromatic carbocycles. The molecule has 0 saturated heterocycles. The second kappa shape index (κ2) is 8.43. The van der Waals surface area contributed by atoms with E-state index >= 15 is 0 Å². The summed E-state index contributed by atoms with van der Waals surface area (Å²) in [5.41, 5.74) is 13.7. The highest BCUT2D eigenvalue weighted by atomic mass is 14.3. The summed E-state index contributed by atoms with van der Waals surface area (Å²) in [4.78, 5) is 0. The Balaban J connectivity index is 1.22. The summed E-state index contributed by atoms with van der Waals surface area (Å²) in [6.07, 6.45) is 6.74. The number of hydrogen-bond donors (Lipinski definition) is 0. The van der Waals surface area contributed by atoms with Crippen molar-refractivity contribution in [2.75, 3.05) is 0 Å². The molecule has 2 aliphatic rings. The van der Waals surface area contributed by atoms with Crippen molar-refractivity contribution in [2.24, 2.45) is 0 Å². The maximum absolute atomic E-state index is 2.40. The van der Waals surface area contributed by atoms with Gasteiger partial charge in [0.25, 0.3) is 0 Å². The molecule has 0 fully saturated rings. The molecule has 0 radical (unpaired) electrons. The molecule has 0 bridgehead atoms. The Kier molecular flexibility index (Phi) is 4.75. The highest BCUT2D eigenvalue weighted by Crippen LogP contribution is 2.43. The zero-order chi connectivity index (χ0) is 25.1. The molecule has 0 amide bonds. The monoisotopic (exact) mass is 482 g/mol. The molecule has 38 heavy (non-hydrogen) atoms. The van der Waals surface area contributed by atoms with Gasteiger partial charge in [0.05, 0.1) is 0 Å². The van der Waals surface area contributed by atoms with Crippen molar-refractivity contribution in [2.45, 2.75) is 12.8 Å². The SMILES string of the molecule is C1=C(c2ccccc2-c2ccccc2C2=Cc3ccc4ccccc4c3C2)Cc2c1ccc1ccccc21. The lowest BCUT2D eigenvalue weighted by atomic mass is 9.88. The van der Waals surface area contributed by atoms with E-state index < -0.39 is 0 Å². The van der Waals surface area contributed by atoms with E-state index in [0.717, 1.165) is 12.8 Å². The van der Waals surface area contributed by atoms with Crippen molar-refractivity contribution >= 4 is 44.8 Å². The first-order chi connectivity index (χ1) is 18.8. The van der Waals surface area contributed by atoms with Gasteiger partial charge in [-0.05, 0) is 90.0 Å². The van der Waals surface area contributed by atoms with E-state index in [1.807, 2.05) is 0 Å². The van der Waals surface area contributed by atoms with Gasteiger partial charge in [0, 0.05) is 0 Å². The standard InChI is InChI=1S/C38H26/c1-3-11-31-25(9-1)17-19-27-21-29(23-37(27)31)33-13-5-7-15-35(33)36-16-8-6-14-34(36)30-22-28-20-18-26-10-2-4-12-32(26)38(28)24-30/h1-22H,23-24H2. The predicted molar refractivity (Wildman–Crippen MR) is 163 cm³/mol. The van der Waals surface area contributed by atoms with Crippen LogP contribution in [0.4, 0.5) is 0 Å². The van der Waals surface area contributed by atoms with Crippen LogP contribution < -0.4 is 0 Å². The molecule has 0 saturated carbocycles. The fourth-order valence-electron chi connectivity index (χ4n) is 6.57. The predicted octanol–water partition coefficient (Wildman–Crippen LogP) is 9.85. The van der Waals surface area contributed by atoms with Crippen LogP contribution in [0.3, 0.4) is 0 Å². The Morgan fingerprint density at radius 1 is 0.342 bits per heavy atom. The van der Waals surface area contributed by atoms with Gasteiger partial charge in [-0.1, -0.05) is 133 Å². The first-order valence-corrected chi connectivity index (χ1v) is 13.4.